The standard InChI is InChI=1S/C21H43N5O2/c1-5-18(6-2)20(26-11-14-28-15-12-26)17-24-21(22-3)23-16-19-8-7-9-25(19)10-13-27-4/h18-20H,5-17H2,1-4H3,(H2,22,23,24). The van der Waals surface area contributed by atoms with Crippen LogP contribution in [0.5, 0.6) is 0 Å². The minimum absolute atomic E-state index is 0.530. The van der Waals surface area contributed by atoms with Crippen molar-refractivity contribution in [1.29, 1.82) is 0 Å². The fourth-order valence-electron chi connectivity index (χ4n) is 4.60. The largest absolute Gasteiger partial charge is 0.383 e. The number of hydrogen-bond donors (Lipinski definition) is 2. The van der Waals surface area contributed by atoms with Gasteiger partial charge in [0.2, 0.25) is 0 Å². The van der Waals surface area contributed by atoms with Crippen molar-refractivity contribution in [2.75, 3.05) is 73.2 Å². The molecule has 0 spiro atoms. The van der Waals surface area contributed by atoms with E-state index in [9.17, 15) is 0 Å². The van der Waals surface area contributed by atoms with Crippen LogP contribution in [0.2, 0.25) is 0 Å². The summed E-state index contributed by atoms with van der Waals surface area (Å²) in [6, 6.07) is 1.10. The number of likely N-dealkylation sites (tertiary alicyclic amines) is 1. The van der Waals surface area contributed by atoms with Crippen LogP contribution in [0, 0.1) is 5.92 Å². The Morgan fingerprint density at radius 1 is 1.18 bits per heavy atom. The Kier molecular flexibility index (Phi) is 11.2. The lowest BCUT2D eigenvalue weighted by Gasteiger charge is -2.39. The van der Waals surface area contributed by atoms with E-state index in [-0.39, 0.29) is 0 Å². The number of aliphatic imine (C=N–C) groups is 1. The van der Waals surface area contributed by atoms with Gasteiger partial charge in [0, 0.05) is 59.0 Å². The highest BCUT2D eigenvalue weighted by atomic mass is 16.5. The van der Waals surface area contributed by atoms with Gasteiger partial charge in [0.15, 0.2) is 5.96 Å². The Labute approximate surface area is 172 Å². The molecule has 0 radical (unpaired) electrons. The van der Waals surface area contributed by atoms with E-state index >= 15 is 0 Å². The predicted molar refractivity (Wildman–Crippen MR) is 116 cm³/mol. The minimum atomic E-state index is 0.530. The Balaban J connectivity index is 1.84. The molecule has 0 saturated carbocycles. The van der Waals surface area contributed by atoms with Crippen molar-refractivity contribution in [3.05, 3.63) is 0 Å². The number of hydrogen-bond acceptors (Lipinski definition) is 5. The van der Waals surface area contributed by atoms with Gasteiger partial charge >= 0.3 is 0 Å². The number of nitrogens with one attached hydrogen (secondary N) is 2. The van der Waals surface area contributed by atoms with E-state index in [1.165, 1.54) is 32.2 Å². The Bertz CT molecular complexity index is 439. The first-order valence-electron chi connectivity index (χ1n) is 11.2. The molecular weight excluding hydrogens is 354 g/mol. The minimum Gasteiger partial charge on any atom is -0.383 e. The molecule has 7 nitrogen and oxygen atoms in total. The molecule has 28 heavy (non-hydrogen) atoms. The SMILES string of the molecule is CCC(CC)C(CNC(=NC)NCC1CCCN1CCOC)N1CCOCC1. The molecule has 2 fully saturated rings. The average molecular weight is 398 g/mol. The first kappa shape index (κ1) is 23.4. The molecule has 2 aliphatic heterocycles. The van der Waals surface area contributed by atoms with Crippen LogP contribution < -0.4 is 10.6 Å². The number of morpholine rings is 1. The van der Waals surface area contributed by atoms with Crippen LogP contribution in [0.3, 0.4) is 0 Å². The molecule has 0 aromatic rings. The zero-order valence-corrected chi connectivity index (χ0v) is 18.6. The van der Waals surface area contributed by atoms with Gasteiger partial charge in [-0.2, -0.15) is 0 Å². The summed E-state index contributed by atoms with van der Waals surface area (Å²) in [5, 5.41) is 7.18. The fourth-order valence-corrected chi connectivity index (χ4v) is 4.60. The molecule has 2 N–H and O–H groups in total. The molecule has 2 unspecified atom stereocenters. The summed E-state index contributed by atoms with van der Waals surface area (Å²) in [6.45, 7) is 13.3. The lowest BCUT2D eigenvalue weighted by Crippen LogP contribution is -2.54. The predicted octanol–water partition coefficient (Wildman–Crippen LogP) is 1.40. The van der Waals surface area contributed by atoms with Gasteiger partial charge in [-0.05, 0) is 25.3 Å². The molecule has 7 heteroatoms. The normalized spacial score (nSPS) is 23.3. The number of ether oxygens (including phenoxy) is 2. The maximum atomic E-state index is 5.57. The summed E-state index contributed by atoms with van der Waals surface area (Å²) in [6.07, 6.45) is 4.94. The smallest absolute Gasteiger partial charge is 0.191 e. The van der Waals surface area contributed by atoms with E-state index in [1.807, 2.05) is 7.05 Å². The van der Waals surface area contributed by atoms with Gasteiger partial charge in [0.05, 0.1) is 19.8 Å². The highest BCUT2D eigenvalue weighted by molar-refractivity contribution is 5.79. The fraction of sp³-hybridized carbons (Fsp3) is 0.952. The van der Waals surface area contributed by atoms with Crippen molar-refractivity contribution >= 4 is 5.96 Å². The molecule has 2 aliphatic rings. The molecule has 2 rings (SSSR count). The van der Waals surface area contributed by atoms with E-state index in [1.54, 1.807) is 7.11 Å². The maximum Gasteiger partial charge on any atom is 0.191 e. The topological polar surface area (TPSA) is 61.4 Å². The van der Waals surface area contributed by atoms with Crippen LogP contribution in [-0.2, 0) is 9.47 Å². The first-order chi connectivity index (χ1) is 13.7. The second-order valence-corrected chi connectivity index (χ2v) is 7.95. The molecule has 0 aliphatic carbocycles. The van der Waals surface area contributed by atoms with E-state index in [2.05, 4.69) is 39.3 Å². The van der Waals surface area contributed by atoms with Gasteiger partial charge in [0.1, 0.15) is 0 Å². The zero-order valence-electron chi connectivity index (χ0n) is 18.6. The number of methoxy groups -OCH3 is 1. The summed E-state index contributed by atoms with van der Waals surface area (Å²) in [7, 11) is 3.65. The molecular formula is C21H43N5O2. The lowest BCUT2D eigenvalue weighted by molar-refractivity contribution is 0.00271. The van der Waals surface area contributed by atoms with E-state index in [4.69, 9.17) is 9.47 Å². The molecule has 2 heterocycles. The molecule has 2 atom stereocenters. The Morgan fingerprint density at radius 3 is 2.57 bits per heavy atom. The van der Waals surface area contributed by atoms with Crippen molar-refractivity contribution in [3.8, 4) is 0 Å². The molecule has 0 aromatic carbocycles. The number of guanidine groups is 1. The molecule has 164 valence electrons. The van der Waals surface area contributed by atoms with Crippen LogP contribution >= 0.6 is 0 Å². The maximum absolute atomic E-state index is 5.57. The quantitative estimate of drug-likeness (QED) is 0.406. The van der Waals surface area contributed by atoms with Crippen LogP contribution in [0.1, 0.15) is 39.5 Å². The zero-order chi connectivity index (χ0) is 20.2. The van der Waals surface area contributed by atoms with Crippen LogP contribution in [0.15, 0.2) is 4.99 Å². The van der Waals surface area contributed by atoms with Gasteiger partial charge in [-0.1, -0.05) is 26.7 Å². The van der Waals surface area contributed by atoms with E-state index < -0.39 is 0 Å². The molecule has 0 bridgehead atoms. The van der Waals surface area contributed by atoms with Crippen molar-refractivity contribution in [2.24, 2.45) is 10.9 Å². The summed E-state index contributed by atoms with van der Waals surface area (Å²) in [4.78, 5) is 9.61. The van der Waals surface area contributed by atoms with Gasteiger partial charge in [-0.3, -0.25) is 14.8 Å². The lowest BCUT2D eigenvalue weighted by atomic mass is 9.92. The third-order valence-corrected chi connectivity index (χ3v) is 6.40. The number of rotatable bonds is 11. The monoisotopic (exact) mass is 397 g/mol. The van der Waals surface area contributed by atoms with Crippen LogP contribution in [0.4, 0.5) is 0 Å². The summed E-state index contributed by atoms with van der Waals surface area (Å²) in [5.41, 5.74) is 0. The molecule has 0 aromatic heterocycles. The van der Waals surface area contributed by atoms with Gasteiger partial charge in [0.25, 0.3) is 0 Å². The van der Waals surface area contributed by atoms with E-state index in [0.717, 1.165) is 58.5 Å². The third kappa shape index (κ3) is 7.17. The second-order valence-electron chi connectivity index (χ2n) is 7.95. The third-order valence-electron chi connectivity index (χ3n) is 6.40. The first-order valence-corrected chi connectivity index (χ1v) is 11.2. The van der Waals surface area contributed by atoms with Gasteiger partial charge in [-0.25, -0.2) is 0 Å². The second kappa shape index (κ2) is 13.4. The summed E-state index contributed by atoms with van der Waals surface area (Å²) < 4.78 is 10.8. The Hall–Kier alpha value is -0.890. The summed E-state index contributed by atoms with van der Waals surface area (Å²) >= 11 is 0. The Morgan fingerprint density at radius 2 is 1.93 bits per heavy atom. The number of nitrogens with zero attached hydrogens (tertiary/aromatic N) is 3. The van der Waals surface area contributed by atoms with Gasteiger partial charge < -0.3 is 20.1 Å². The van der Waals surface area contributed by atoms with Crippen molar-refractivity contribution in [2.45, 2.75) is 51.6 Å². The molecule has 0 amide bonds. The van der Waals surface area contributed by atoms with E-state index in [0.29, 0.717) is 18.0 Å². The van der Waals surface area contributed by atoms with Crippen molar-refractivity contribution in [3.63, 3.8) is 0 Å². The van der Waals surface area contributed by atoms with Crippen molar-refractivity contribution in [1.82, 2.24) is 20.4 Å². The summed E-state index contributed by atoms with van der Waals surface area (Å²) in [5.74, 6) is 1.62. The highest BCUT2D eigenvalue weighted by Crippen LogP contribution is 2.20. The van der Waals surface area contributed by atoms with Crippen LogP contribution in [0.25, 0.3) is 0 Å². The van der Waals surface area contributed by atoms with Crippen molar-refractivity contribution < 1.29 is 9.47 Å². The highest BCUT2D eigenvalue weighted by Gasteiger charge is 2.27. The average Bonchev–Trinajstić information content (AvgIpc) is 3.19. The van der Waals surface area contributed by atoms with Crippen LogP contribution in [-0.4, -0.2) is 101 Å². The molecule has 2 saturated heterocycles. The van der Waals surface area contributed by atoms with Gasteiger partial charge in [-0.15, -0.1) is 0 Å².